The Morgan fingerprint density at radius 1 is 1.33 bits per heavy atom. The third-order valence-electron chi connectivity index (χ3n) is 2.44. The summed E-state index contributed by atoms with van der Waals surface area (Å²) in [5.74, 6) is -0.514. The summed E-state index contributed by atoms with van der Waals surface area (Å²) in [5.41, 5.74) is 4.92. The van der Waals surface area contributed by atoms with Crippen molar-refractivity contribution in [2.24, 2.45) is 5.73 Å². The van der Waals surface area contributed by atoms with Gasteiger partial charge in [0.1, 0.15) is 6.61 Å². The van der Waals surface area contributed by atoms with Crippen molar-refractivity contribution in [3.8, 4) is 0 Å². The Morgan fingerprint density at radius 3 is 2.56 bits per heavy atom. The number of carbonyl (C=O) groups excluding carboxylic acids is 2. The predicted molar refractivity (Wildman–Crippen MR) is 70.0 cm³/mol. The molecule has 0 spiro atoms. The van der Waals surface area contributed by atoms with Crippen molar-refractivity contribution in [1.29, 1.82) is 0 Å². The lowest BCUT2D eigenvalue weighted by atomic mass is 10.2. The largest absolute Gasteiger partial charge is 0.370 e. The molecule has 0 fully saturated rings. The second kappa shape index (κ2) is 9.85. The number of nitrogens with one attached hydrogen (secondary N) is 2. The molecule has 0 rings (SSSR count). The average molecular weight is 259 g/mol. The number of primary amides is 1. The Balaban J connectivity index is 3.64. The molecule has 4 N–H and O–H groups in total. The van der Waals surface area contributed by atoms with Gasteiger partial charge in [-0.2, -0.15) is 0 Å². The fourth-order valence-electron chi connectivity index (χ4n) is 1.49. The van der Waals surface area contributed by atoms with Crippen LogP contribution in [0, 0.1) is 0 Å². The number of ether oxygens (including phenoxy) is 1. The van der Waals surface area contributed by atoms with Crippen LogP contribution in [-0.2, 0) is 14.3 Å². The molecule has 0 aliphatic heterocycles. The fourth-order valence-corrected chi connectivity index (χ4v) is 1.49. The SMILES string of the molecule is CCCC(C)NC(=O)C(C)NCCOCC(N)=O. The van der Waals surface area contributed by atoms with E-state index >= 15 is 0 Å². The molecule has 0 aliphatic rings. The van der Waals surface area contributed by atoms with Crippen LogP contribution in [0.4, 0.5) is 0 Å². The van der Waals surface area contributed by atoms with E-state index in [9.17, 15) is 9.59 Å². The van der Waals surface area contributed by atoms with Crippen molar-refractivity contribution in [3.05, 3.63) is 0 Å². The van der Waals surface area contributed by atoms with E-state index in [1.54, 1.807) is 6.92 Å². The van der Waals surface area contributed by atoms with Gasteiger partial charge in [-0.15, -0.1) is 0 Å². The smallest absolute Gasteiger partial charge is 0.243 e. The van der Waals surface area contributed by atoms with Gasteiger partial charge >= 0.3 is 0 Å². The number of hydrogen-bond acceptors (Lipinski definition) is 4. The number of rotatable bonds is 10. The maximum atomic E-state index is 11.7. The van der Waals surface area contributed by atoms with Crippen LogP contribution in [0.5, 0.6) is 0 Å². The zero-order chi connectivity index (χ0) is 14.0. The molecule has 0 aromatic heterocycles. The second-order valence-electron chi connectivity index (χ2n) is 4.39. The Hall–Kier alpha value is -1.14. The van der Waals surface area contributed by atoms with E-state index in [0.29, 0.717) is 13.2 Å². The monoisotopic (exact) mass is 259 g/mol. The molecule has 0 radical (unpaired) electrons. The van der Waals surface area contributed by atoms with Crippen molar-refractivity contribution < 1.29 is 14.3 Å². The standard InChI is InChI=1S/C12H25N3O3/c1-4-5-9(2)15-12(17)10(3)14-6-7-18-8-11(13)16/h9-10,14H,4-8H2,1-3H3,(H2,13,16)(H,15,17). The van der Waals surface area contributed by atoms with Crippen molar-refractivity contribution in [3.63, 3.8) is 0 Å². The predicted octanol–water partition coefficient (Wildman–Crippen LogP) is -0.229. The number of amides is 2. The van der Waals surface area contributed by atoms with E-state index in [-0.39, 0.29) is 24.6 Å². The lowest BCUT2D eigenvalue weighted by Crippen LogP contribution is -2.46. The molecule has 0 saturated heterocycles. The van der Waals surface area contributed by atoms with Crippen LogP contribution in [0.3, 0.4) is 0 Å². The fraction of sp³-hybridized carbons (Fsp3) is 0.833. The van der Waals surface area contributed by atoms with Crippen LogP contribution >= 0.6 is 0 Å². The minimum Gasteiger partial charge on any atom is -0.370 e. The molecule has 0 heterocycles. The van der Waals surface area contributed by atoms with Gasteiger partial charge in [-0.3, -0.25) is 9.59 Å². The van der Waals surface area contributed by atoms with Gasteiger partial charge < -0.3 is 21.1 Å². The van der Waals surface area contributed by atoms with Crippen LogP contribution in [0.25, 0.3) is 0 Å². The number of carbonyl (C=O) groups is 2. The highest BCUT2D eigenvalue weighted by molar-refractivity contribution is 5.81. The van der Waals surface area contributed by atoms with Crippen LogP contribution in [0.15, 0.2) is 0 Å². The van der Waals surface area contributed by atoms with Gasteiger partial charge in [-0.1, -0.05) is 13.3 Å². The number of nitrogens with two attached hydrogens (primary N) is 1. The first-order valence-corrected chi connectivity index (χ1v) is 6.37. The van der Waals surface area contributed by atoms with Gasteiger partial charge in [-0.25, -0.2) is 0 Å². The molecule has 2 atom stereocenters. The first-order chi connectivity index (χ1) is 8.47. The summed E-state index contributed by atoms with van der Waals surface area (Å²) >= 11 is 0. The third kappa shape index (κ3) is 8.95. The van der Waals surface area contributed by atoms with E-state index in [2.05, 4.69) is 17.6 Å². The van der Waals surface area contributed by atoms with Gasteiger partial charge in [0, 0.05) is 12.6 Å². The molecule has 6 nitrogen and oxygen atoms in total. The lowest BCUT2D eigenvalue weighted by Gasteiger charge is -2.18. The molecule has 106 valence electrons. The van der Waals surface area contributed by atoms with Crippen molar-refractivity contribution in [2.45, 2.75) is 45.7 Å². The molecule has 2 unspecified atom stereocenters. The summed E-state index contributed by atoms with van der Waals surface area (Å²) < 4.78 is 4.98. The molecule has 0 aromatic carbocycles. The third-order valence-corrected chi connectivity index (χ3v) is 2.44. The summed E-state index contributed by atoms with van der Waals surface area (Å²) in [6.45, 7) is 6.64. The zero-order valence-electron chi connectivity index (χ0n) is 11.5. The summed E-state index contributed by atoms with van der Waals surface area (Å²) in [6, 6.07) is -0.0839. The molecule has 0 aromatic rings. The molecular weight excluding hydrogens is 234 g/mol. The minimum atomic E-state index is -0.491. The van der Waals surface area contributed by atoms with E-state index in [4.69, 9.17) is 10.5 Å². The van der Waals surface area contributed by atoms with Crippen molar-refractivity contribution in [2.75, 3.05) is 19.8 Å². The number of hydrogen-bond donors (Lipinski definition) is 3. The maximum absolute atomic E-state index is 11.7. The highest BCUT2D eigenvalue weighted by atomic mass is 16.5. The summed E-state index contributed by atoms with van der Waals surface area (Å²) in [6.07, 6.45) is 2.02. The maximum Gasteiger partial charge on any atom is 0.243 e. The first-order valence-electron chi connectivity index (χ1n) is 6.37. The van der Waals surface area contributed by atoms with Crippen molar-refractivity contribution >= 4 is 11.8 Å². The summed E-state index contributed by atoms with van der Waals surface area (Å²) in [4.78, 5) is 22.1. The molecule has 2 amide bonds. The van der Waals surface area contributed by atoms with E-state index in [1.165, 1.54) is 0 Å². The van der Waals surface area contributed by atoms with Crippen LogP contribution in [0.1, 0.15) is 33.6 Å². The average Bonchev–Trinajstić information content (AvgIpc) is 2.28. The molecule has 6 heteroatoms. The van der Waals surface area contributed by atoms with Crippen molar-refractivity contribution in [1.82, 2.24) is 10.6 Å². The van der Waals surface area contributed by atoms with E-state index < -0.39 is 5.91 Å². The molecule has 0 saturated carbocycles. The Labute approximate surface area is 109 Å². The van der Waals surface area contributed by atoms with Gasteiger partial charge in [0.15, 0.2) is 0 Å². The Kier molecular flexibility index (Phi) is 9.22. The molecular formula is C12H25N3O3. The second-order valence-corrected chi connectivity index (χ2v) is 4.39. The lowest BCUT2D eigenvalue weighted by molar-refractivity contribution is -0.124. The van der Waals surface area contributed by atoms with E-state index in [0.717, 1.165) is 12.8 Å². The normalized spacial score (nSPS) is 13.9. The van der Waals surface area contributed by atoms with Crippen LogP contribution in [-0.4, -0.2) is 43.7 Å². The Bertz CT molecular complexity index is 259. The minimum absolute atomic E-state index is 0.0224. The molecule has 0 bridgehead atoms. The van der Waals surface area contributed by atoms with Crippen LogP contribution in [0.2, 0.25) is 0 Å². The quantitative estimate of drug-likeness (QED) is 0.472. The first kappa shape index (κ1) is 16.9. The van der Waals surface area contributed by atoms with Gasteiger partial charge in [0.2, 0.25) is 11.8 Å². The molecule has 0 aliphatic carbocycles. The summed E-state index contributed by atoms with van der Waals surface area (Å²) in [5, 5.41) is 5.94. The topological polar surface area (TPSA) is 93.4 Å². The zero-order valence-corrected chi connectivity index (χ0v) is 11.5. The van der Waals surface area contributed by atoms with E-state index in [1.807, 2.05) is 6.92 Å². The van der Waals surface area contributed by atoms with Crippen LogP contribution < -0.4 is 16.4 Å². The summed E-state index contributed by atoms with van der Waals surface area (Å²) in [7, 11) is 0. The van der Waals surface area contributed by atoms with Gasteiger partial charge in [-0.05, 0) is 20.3 Å². The van der Waals surface area contributed by atoms with Gasteiger partial charge in [0.25, 0.3) is 0 Å². The van der Waals surface area contributed by atoms with Gasteiger partial charge in [0.05, 0.1) is 12.6 Å². The molecule has 18 heavy (non-hydrogen) atoms. The highest BCUT2D eigenvalue weighted by Gasteiger charge is 2.13. The Morgan fingerprint density at radius 2 is 2.00 bits per heavy atom. The highest BCUT2D eigenvalue weighted by Crippen LogP contribution is 1.95.